The van der Waals surface area contributed by atoms with Crippen molar-refractivity contribution >= 4 is 5.91 Å². The molecule has 0 atom stereocenters. The number of hydrogen-bond acceptors (Lipinski definition) is 2. The molecule has 0 aliphatic rings. The molecule has 1 amide bonds. The molecule has 76 valence electrons. The van der Waals surface area contributed by atoms with Gasteiger partial charge in [0.05, 0.1) is 0 Å². The maximum Gasteiger partial charge on any atom is 0.267 e. The van der Waals surface area contributed by atoms with Gasteiger partial charge in [-0.3, -0.25) is 9.80 Å². The minimum Gasteiger partial charge on any atom is -0.276 e. The van der Waals surface area contributed by atoms with Crippen LogP contribution in [0.2, 0.25) is 0 Å². The summed E-state index contributed by atoms with van der Waals surface area (Å²) in [5.41, 5.74) is 0.635. The van der Waals surface area contributed by atoms with Gasteiger partial charge in [0.2, 0.25) is 0 Å². The Morgan fingerprint density at radius 1 is 1.36 bits per heavy atom. The molecule has 0 aliphatic carbocycles. The highest BCUT2D eigenvalue weighted by molar-refractivity contribution is 5.93. The van der Waals surface area contributed by atoms with Crippen molar-refractivity contribution in [3.63, 3.8) is 0 Å². The molecule has 1 rings (SSSR count). The molecule has 0 bridgehead atoms. The minimum absolute atomic E-state index is 0.126. The Kier molecular flexibility index (Phi) is 3.65. The number of carbonyl (C=O) groups is 1. The predicted octanol–water partition coefficient (Wildman–Crippen LogP) is 1.66. The number of nitrogens with zero attached hydrogens (tertiary/aromatic N) is 1. The van der Waals surface area contributed by atoms with E-state index in [9.17, 15) is 4.79 Å². The first-order valence-corrected chi connectivity index (χ1v) is 4.73. The standard InChI is InChI=1S/C11H16N2O/c1-9(2)8-13(12)11(14)10-6-4-3-5-7-10/h3-7,9H,8,12H2,1-2H3. The molecule has 0 aliphatic heterocycles. The smallest absolute Gasteiger partial charge is 0.267 e. The minimum atomic E-state index is -0.126. The van der Waals surface area contributed by atoms with Crippen LogP contribution in [-0.4, -0.2) is 17.5 Å². The van der Waals surface area contributed by atoms with E-state index in [1.54, 1.807) is 12.1 Å². The highest BCUT2D eigenvalue weighted by Gasteiger charge is 2.12. The van der Waals surface area contributed by atoms with E-state index < -0.39 is 0 Å². The second kappa shape index (κ2) is 4.77. The van der Waals surface area contributed by atoms with Crippen molar-refractivity contribution in [3.8, 4) is 0 Å². The predicted molar refractivity (Wildman–Crippen MR) is 56.5 cm³/mol. The molecule has 14 heavy (non-hydrogen) atoms. The maximum atomic E-state index is 11.7. The van der Waals surface area contributed by atoms with Crippen molar-refractivity contribution in [2.45, 2.75) is 13.8 Å². The summed E-state index contributed by atoms with van der Waals surface area (Å²) >= 11 is 0. The molecule has 0 radical (unpaired) electrons. The number of amides is 1. The van der Waals surface area contributed by atoms with E-state index in [0.717, 1.165) is 0 Å². The summed E-state index contributed by atoms with van der Waals surface area (Å²) in [6.45, 7) is 4.63. The lowest BCUT2D eigenvalue weighted by molar-refractivity contribution is 0.0736. The van der Waals surface area contributed by atoms with Gasteiger partial charge in [-0.05, 0) is 18.1 Å². The Balaban J connectivity index is 2.66. The molecular formula is C11H16N2O. The first-order valence-electron chi connectivity index (χ1n) is 4.73. The summed E-state index contributed by atoms with van der Waals surface area (Å²) in [6, 6.07) is 9.07. The van der Waals surface area contributed by atoms with E-state index in [1.807, 2.05) is 32.0 Å². The molecule has 3 heteroatoms. The van der Waals surface area contributed by atoms with Crippen molar-refractivity contribution in [1.29, 1.82) is 0 Å². The largest absolute Gasteiger partial charge is 0.276 e. The molecule has 0 heterocycles. The third-order valence-electron chi connectivity index (χ3n) is 1.84. The van der Waals surface area contributed by atoms with Crippen LogP contribution in [0.5, 0.6) is 0 Å². The van der Waals surface area contributed by atoms with Crippen LogP contribution in [0.3, 0.4) is 0 Å². The highest BCUT2D eigenvalue weighted by Crippen LogP contribution is 2.03. The Morgan fingerprint density at radius 2 is 1.93 bits per heavy atom. The van der Waals surface area contributed by atoms with Crippen LogP contribution in [0.1, 0.15) is 24.2 Å². The van der Waals surface area contributed by atoms with Crippen molar-refractivity contribution in [3.05, 3.63) is 35.9 Å². The fraction of sp³-hybridized carbons (Fsp3) is 0.364. The first-order chi connectivity index (χ1) is 6.61. The van der Waals surface area contributed by atoms with Gasteiger partial charge < -0.3 is 0 Å². The molecule has 2 N–H and O–H groups in total. The fourth-order valence-electron chi connectivity index (χ4n) is 1.22. The molecule has 0 fully saturated rings. The van der Waals surface area contributed by atoms with E-state index in [2.05, 4.69) is 0 Å². The van der Waals surface area contributed by atoms with E-state index in [4.69, 9.17) is 5.84 Å². The van der Waals surface area contributed by atoms with Crippen LogP contribution in [0.15, 0.2) is 30.3 Å². The Hall–Kier alpha value is -1.35. The molecule has 1 aromatic rings. The van der Waals surface area contributed by atoms with Crippen LogP contribution in [0.4, 0.5) is 0 Å². The van der Waals surface area contributed by atoms with Gasteiger partial charge in [-0.25, -0.2) is 5.84 Å². The summed E-state index contributed by atoms with van der Waals surface area (Å²) in [5, 5.41) is 1.26. The highest BCUT2D eigenvalue weighted by atomic mass is 16.2. The molecule has 3 nitrogen and oxygen atoms in total. The number of benzene rings is 1. The second-order valence-electron chi connectivity index (χ2n) is 3.72. The zero-order valence-electron chi connectivity index (χ0n) is 8.60. The van der Waals surface area contributed by atoms with E-state index in [0.29, 0.717) is 18.0 Å². The molecule has 0 unspecified atom stereocenters. The van der Waals surface area contributed by atoms with Crippen LogP contribution in [0, 0.1) is 5.92 Å². The molecule has 0 saturated heterocycles. The number of hydrogen-bond donors (Lipinski definition) is 1. The Bertz CT molecular complexity index is 295. The van der Waals surface area contributed by atoms with Gasteiger partial charge in [-0.15, -0.1) is 0 Å². The third kappa shape index (κ3) is 2.85. The van der Waals surface area contributed by atoms with Gasteiger partial charge in [0.25, 0.3) is 5.91 Å². The second-order valence-corrected chi connectivity index (χ2v) is 3.72. The summed E-state index contributed by atoms with van der Waals surface area (Å²) in [7, 11) is 0. The topological polar surface area (TPSA) is 46.3 Å². The summed E-state index contributed by atoms with van der Waals surface area (Å²) in [4.78, 5) is 11.7. The van der Waals surface area contributed by atoms with Crippen molar-refractivity contribution in [2.24, 2.45) is 11.8 Å². The van der Waals surface area contributed by atoms with Gasteiger partial charge in [-0.2, -0.15) is 0 Å². The molecule has 0 aromatic heterocycles. The van der Waals surface area contributed by atoms with Crippen molar-refractivity contribution < 1.29 is 4.79 Å². The number of hydrazine groups is 1. The molecule has 1 aromatic carbocycles. The summed E-state index contributed by atoms with van der Waals surface area (Å²) in [6.07, 6.45) is 0. The van der Waals surface area contributed by atoms with Crippen LogP contribution >= 0.6 is 0 Å². The lowest BCUT2D eigenvalue weighted by Crippen LogP contribution is -2.39. The lowest BCUT2D eigenvalue weighted by Gasteiger charge is -2.18. The Labute approximate surface area is 84.5 Å². The van der Waals surface area contributed by atoms with Gasteiger partial charge >= 0.3 is 0 Å². The van der Waals surface area contributed by atoms with E-state index in [-0.39, 0.29) is 5.91 Å². The average molecular weight is 192 g/mol. The summed E-state index contributed by atoms with van der Waals surface area (Å²) in [5.74, 6) is 5.89. The Morgan fingerprint density at radius 3 is 2.43 bits per heavy atom. The normalized spacial score (nSPS) is 10.3. The van der Waals surface area contributed by atoms with Crippen molar-refractivity contribution in [2.75, 3.05) is 6.54 Å². The SMILES string of the molecule is CC(C)CN(N)C(=O)c1ccccc1. The van der Waals surface area contributed by atoms with Gasteiger partial charge in [0, 0.05) is 12.1 Å². The van der Waals surface area contributed by atoms with Crippen LogP contribution in [0.25, 0.3) is 0 Å². The molecular weight excluding hydrogens is 176 g/mol. The zero-order valence-corrected chi connectivity index (χ0v) is 8.60. The molecule has 0 spiro atoms. The zero-order chi connectivity index (χ0) is 10.6. The van der Waals surface area contributed by atoms with Crippen LogP contribution in [-0.2, 0) is 0 Å². The third-order valence-corrected chi connectivity index (χ3v) is 1.84. The number of carbonyl (C=O) groups excluding carboxylic acids is 1. The lowest BCUT2D eigenvalue weighted by atomic mass is 10.2. The molecule has 0 saturated carbocycles. The van der Waals surface area contributed by atoms with E-state index >= 15 is 0 Å². The van der Waals surface area contributed by atoms with E-state index in [1.165, 1.54) is 5.01 Å². The number of nitrogens with two attached hydrogens (primary N) is 1. The van der Waals surface area contributed by atoms with Gasteiger partial charge in [0.1, 0.15) is 0 Å². The first kappa shape index (κ1) is 10.7. The monoisotopic (exact) mass is 192 g/mol. The maximum absolute atomic E-state index is 11.7. The fourth-order valence-corrected chi connectivity index (χ4v) is 1.22. The van der Waals surface area contributed by atoms with Gasteiger partial charge in [0.15, 0.2) is 0 Å². The quantitative estimate of drug-likeness (QED) is 0.450. The number of rotatable bonds is 3. The van der Waals surface area contributed by atoms with Gasteiger partial charge in [-0.1, -0.05) is 32.0 Å². The van der Waals surface area contributed by atoms with Crippen LogP contribution < -0.4 is 5.84 Å². The summed E-state index contributed by atoms with van der Waals surface area (Å²) < 4.78 is 0. The average Bonchev–Trinajstić information content (AvgIpc) is 2.17. The van der Waals surface area contributed by atoms with Crippen molar-refractivity contribution in [1.82, 2.24) is 5.01 Å².